The van der Waals surface area contributed by atoms with Crippen LogP contribution in [-0.4, -0.2) is 34.8 Å². The first-order chi connectivity index (χ1) is 11.5. The minimum atomic E-state index is -0.294. The molecule has 1 aromatic carbocycles. The Morgan fingerprint density at radius 3 is 2.54 bits per heavy atom. The fraction of sp³-hybridized carbons (Fsp3) is 0.312. The first-order valence-electron chi connectivity index (χ1n) is 7.45. The van der Waals surface area contributed by atoms with Gasteiger partial charge in [0.15, 0.2) is 0 Å². The van der Waals surface area contributed by atoms with Crippen molar-refractivity contribution in [2.24, 2.45) is 11.7 Å². The minimum Gasteiger partial charge on any atom is -0.369 e. The van der Waals surface area contributed by atoms with E-state index in [2.05, 4.69) is 4.98 Å². The Bertz CT molecular complexity index is 785. The van der Waals surface area contributed by atoms with Crippen LogP contribution in [0.5, 0.6) is 0 Å². The first kappa shape index (κ1) is 17.2. The van der Waals surface area contributed by atoms with E-state index in [0.717, 1.165) is 5.56 Å². The summed E-state index contributed by atoms with van der Waals surface area (Å²) in [7, 11) is 0. The van der Waals surface area contributed by atoms with E-state index in [4.69, 9.17) is 28.9 Å². The highest BCUT2D eigenvalue weighted by Crippen LogP contribution is 2.30. The average molecular weight is 384 g/mol. The summed E-state index contributed by atoms with van der Waals surface area (Å²) in [6, 6.07) is 5.26. The summed E-state index contributed by atoms with van der Waals surface area (Å²) in [5.41, 5.74) is 6.54. The zero-order valence-electron chi connectivity index (χ0n) is 12.7. The summed E-state index contributed by atoms with van der Waals surface area (Å²) in [6.45, 7) is 1.04. The number of nitrogens with two attached hydrogens (primary N) is 1. The highest BCUT2D eigenvalue weighted by atomic mass is 35.5. The fourth-order valence-electron chi connectivity index (χ4n) is 2.66. The van der Waals surface area contributed by atoms with Gasteiger partial charge < -0.3 is 10.6 Å². The molecule has 1 aliphatic rings. The van der Waals surface area contributed by atoms with Crippen LogP contribution in [-0.2, 0) is 4.79 Å². The van der Waals surface area contributed by atoms with Gasteiger partial charge in [0, 0.05) is 30.0 Å². The van der Waals surface area contributed by atoms with Gasteiger partial charge in [0.25, 0.3) is 5.91 Å². The van der Waals surface area contributed by atoms with Gasteiger partial charge in [0.1, 0.15) is 10.7 Å². The van der Waals surface area contributed by atoms with Gasteiger partial charge in [-0.25, -0.2) is 4.98 Å². The van der Waals surface area contributed by atoms with Crippen LogP contribution in [0.2, 0.25) is 10.0 Å². The van der Waals surface area contributed by atoms with Gasteiger partial charge in [0.05, 0.1) is 10.0 Å². The normalized spacial score (nSPS) is 15.5. The van der Waals surface area contributed by atoms with Crippen molar-refractivity contribution in [3.8, 4) is 10.6 Å². The lowest BCUT2D eigenvalue weighted by Crippen LogP contribution is -2.41. The molecule has 24 heavy (non-hydrogen) atoms. The maximum absolute atomic E-state index is 12.5. The number of carbonyl (C=O) groups is 2. The van der Waals surface area contributed by atoms with Crippen molar-refractivity contribution in [1.29, 1.82) is 0 Å². The third-order valence-electron chi connectivity index (χ3n) is 4.07. The number of hydrogen-bond donors (Lipinski definition) is 1. The Morgan fingerprint density at radius 1 is 1.21 bits per heavy atom. The number of aromatic nitrogens is 1. The molecule has 2 heterocycles. The van der Waals surface area contributed by atoms with Crippen LogP contribution >= 0.6 is 34.5 Å². The van der Waals surface area contributed by atoms with Gasteiger partial charge in [0.2, 0.25) is 5.91 Å². The van der Waals surface area contributed by atoms with E-state index in [9.17, 15) is 9.59 Å². The van der Waals surface area contributed by atoms with Crippen molar-refractivity contribution in [1.82, 2.24) is 9.88 Å². The molecule has 0 atom stereocenters. The van der Waals surface area contributed by atoms with E-state index in [1.54, 1.807) is 22.4 Å². The second-order valence-corrected chi connectivity index (χ2v) is 7.31. The third kappa shape index (κ3) is 3.55. The Hall–Kier alpha value is -1.63. The molecule has 1 saturated heterocycles. The van der Waals surface area contributed by atoms with Crippen molar-refractivity contribution in [2.45, 2.75) is 12.8 Å². The lowest BCUT2D eigenvalue weighted by atomic mass is 9.96. The van der Waals surface area contributed by atoms with Crippen molar-refractivity contribution in [3.05, 3.63) is 39.3 Å². The quantitative estimate of drug-likeness (QED) is 0.881. The summed E-state index contributed by atoms with van der Waals surface area (Å²) < 4.78 is 0. The number of thiazole rings is 1. The molecule has 3 rings (SSSR count). The first-order valence-corrected chi connectivity index (χ1v) is 9.09. The zero-order chi connectivity index (χ0) is 17.3. The van der Waals surface area contributed by atoms with Crippen LogP contribution in [0, 0.1) is 5.92 Å². The summed E-state index contributed by atoms with van der Waals surface area (Å²) in [5.74, 6) is -0.561. The van der Waals surface area contributed by atoms with E-state index in [1.807, 2.05) is 6.07 Å². The highest BCUT2D eigenvalue weighted by molar-refractivity contribution is 7.13. The van der Waals surface area contributed by atoms with Gasteiger partial charge in [-0.3, -0.25) is 9.59 Å². The Balaban J connectivity index is 1.72. The van der Waals surface area contributed by atoms with E-state index < -0.39 is 0 Å². The summed E-state index contributed by atoms with van der Waals surface area (Å²) >= 11 is 13.3. The smallest absolute Gasteiger partial charge is 0.273 e. The standard InChI is InChI=1S/C16H15Cl2N3O2S/c17-11-2-1-10(7-12(11)18)15-20-13(8-24-15)16(23)21-5-3-9(4-6-21)14(19)22/h1-2,7-9H,3-6H2,(H2,19,22). The molecule has 0 radical (unpaired) electrons. The van der Waals surface area contributed by atoms with Gasteiger partial charge in [-0.2, -0.15) is 0 Å². The lowest BCUT2D eigenvalue weighted by Gasteiger charge is -2.30. The molecule has 0 spiro atoms. The molecular formula is C16H15Cl2N3O2S. The SMILES string of the molecule is NC(=O)C1CCN(C(=O)c2csc(-c3ccc(Cl)c(Cl)c3)n2)CC1. The second-order valence-electron chi connectivity index (χ2n) is 5.64. The highest BCUT2D eigenvalue weighted by Gasteiger charge is 2.27. The van der Waals surface area contributed by atoms with Crippen molar-refractivity contribution < 1.29 is 9.59 Å². The average Bonchev–Trinajstić information content (AvgIpc) is 3.07. The van der Waals surface area contributed by atoms with Gasteiger partial charge in [-0.1, -0.05) is 29.3 Å². The molecular weight excluding hydrogens is 369 g/mol. The number of piperidine rings is 1. The molecule has 0 saturated carbocycles. The molecule has 5 nitrogen and oxygen atoms in total. The van der Waals surface area contributed by atoms with E-state index >= 15 is 0 Å². The molecule has 2 N–H and O–H groups in total. The number of nitrogens with zero attached hydrogens (tertiary/aromatic N) is 2. The molecule has 0 aliphatic carbocycles. The third-order valence-corrected chi connectivity index (χ3v) is 5.70. The van der Waals surface area contributed by atoms with Gasteiger partial charge >= 0.3 is 0 Å². The van der Waals surface area contributed by atoms with E-state index in [0.29, 0.717) is 46.7 Å². The number of rotatable bonds is 3. The number of carbonyl (C=O) groups excluding carboxylic acids is 2. The molecule has 126 valence electrons. The van der Waals surface area contributed by atoms with Crippen LogP contribution < -0.4 is 5.73 Å². The molecule has 0 bridgehead atoms. The van der Waals surface area contributed by atoms with Crippen LogP contribution in [0.3, 0.4) is 0 Å². The fourth-order valence-corrected chi connectivity index (χ4v) is 3.75. The maximum atomic E-state index is 12.5. The number of halogens is 2. The Kier molecular flexibility index (Phi) is 5.08. The Morgan fingerprint density at radius 2 is 1.92 bits per heavy atom. The van der Waals surface area contributed by atoms with Gasteiger partial charge in [-0.15, -0.1) is 11.3 Å². The second kappa shape index (κ2) is 7.09. The molecule has 8 heteroatoms. The molecule has 1 fully saturated rings. The Labute approximate surface area is 153 Å². The largest absolute Gasteiger partial charge is 0.369 e. The number of likely N-dealkylation sites (tertiary alicyclic amines) is 1. The molecule has 1 aromatic heterocycles. The topological polar surface area (TPSA) is 76.3 Å². The molecule has 1 aliphatic heterocycles. The van der Waals surface area contributed by atoms with Gasteiger partial charge in [-0.05, 0) is 25.0 Å². The molecule has 0 unspecified atom stereocenters. The van der Waals surface area contributed by atoms with Crippen molar-refractivity contribution >= 4 is 46.4 Å². The predicted octanol–water partition coefficient (Wildman–Crippen LogP) is 3.45. The summed E-state index contributed by atoms with van der Waals surface area (Å²) in [5, 5.41) is 3.38. The molecule has 2 amide bonds. The summed E-state index contributed by atoms with van der Waals surface area (Å²) in [4.78, 5) is 29.9. The summed E-state index contributed by atoms with van der Waals surface area (Å²) in [6.07, 6.45) is 1.20. The van der Waals surface area contributed by atoms with E-state index in [-0.39, 0.29) is 17.7 Å². The number of benzene rings is 1. The minimum absolute atomic E-state index is 0.125. The zero-order valence-corrected chi connectivity index (χ0v) is 15.0. The van der Waals surface area contributed by atoms with Crippen LogP contribution in [0.4, 0.5) is 0 Å². The number of primary amides is 1. The number of amides is 2. The van der Waals surface area contributed by atoms with Crippen molar-refractivity contribution in [3.63, 3.8) is 0 Å². The number of hydrogen-bond acceptors (Lipinski definition) is 4. The molecule has 2 aromatic rings. The van der Waals surface area contributed by atoms with E-state index in [1.165, 1.54) is 11.3 Å². The maximum Gasteiger partial charge on any atom is 0.273 e. The monoisotopic (exact) mass is 383 g/mol. The lowest BCUT2D eigenvalue weighted by molar-refractivity contribution is -0.123. The van der Waals surface area contributed by atoms with Crippen LogP contribution in [0.15, 0.2) is 23.6 Å². The van der Waals surface area contributed by atoms with Crippen LogP contribution in [0.1, 0.15) is 23.3 Å². The van der Waals surface area contributed by atoms with Crippen molar-refractivity contribution in [2.75, 3.05) is 13.1 Å². The van der Waals surface area contributed by atoms with Crippen LogP contribution in [0.25, 0.3) is 10.6 Å². The predicted molar refractivity (Wildman–Crippen MR) is 95.4 cm³/mol.